The third kappa shape index (κ3) is 6.26. The first kappa shape index (κ1) is 29.7. The monoisotopic (exact) mass is 626 g/mol. The Morgan fingerprint density at radius 3 is 2.73 bits per heavy atom. The standard InChI is InChI=1S/C34H35FN6O3S/c1-22(40-12-14-44-15-13-40)16-26-4-2-5-28(38-26)24-8-11-41-29(20-36-31(41)18-24)25-7-6-23(27(35)17-25)19-32(42)39-33-37-21-30(45-33)34(43)9-3-10-34/h2,4-8,11,17-18,20-22,43H,3,9-10,12-16,19H2,1H3,(H,37,39,42). The largest absolute Gasteiger partial charge is 0.384 e. The maximum Gasteiger partial charge on any atom is 0.230 e. The van der Waals surface area contributed by atoms with E-state index < -0.39 is 11.4 Å². The van der Waals surface area contributed by atoms with Gasteiger partial charge in [0.2, 0.25) is 5.91 Å². The number of carbonyl (C=O) groups is 1. The van der Waals surface area contributed by atoms with E-state index in [0.717, 1.165) is 72.3 Å². The fraction of sp³-hybridized carbons (Fsp3) is 0.353. The van der Waals surface area contributed by atoms with Crippen LogP contribution in [0.25, 0.3) is 28.2 Å². The number of hydrogen-bond donors (Lipinski definition) is 2. The summed E-state index contributed by atoms with van der Waals surface area (Å²) in [4.78, 5) is 29.6. The van der Waals surface area contributed by atoms with E-state index in [-0.39, 0.29) is 17.9 Å². The van der Waals surface area contributed by atoms with E-state index in [4.69, 9.17) is 9.72 Å². The van der Waals surface area contributed by atoms with E-state index in [2.05, 4.69) is 33.2 Å². The Balaban J connectivity index is 1.03. The Hall–Kier alpha value is -4.03. The van der Waals surface area contributed by atoms with Crippen LogP contribution < -0.4 is 5.32 Å². The van der Waals surface area contributed by atoms with Crippen LogP contribution in [0.4, 0.5) is 9.52 Å². The highest BCUT2D eigenvalue weighted by molar-refractivity contribution is 7.15. The highest BCUT2D eigenvalue weighted by Gasteiger charge is 2.38. The van der Waals surface area contributed by atoms with E-state index in [1.54, 1.807) is 24.5 Å². The van der Waals surface area contributed by atoms with Gasteiger partial charge in [0, 0.05) is 54.8 Å². The lowest BCUT2D eigenvalue weighted by atomic mass is 9.79. The van der Waals surface area contributed by atoms with Crippen LogP contribution in [0.2, 0.25) is 0 Å². The lowest BCUT2D eigenvalue weighted by Crippen LogP contribution is -2.43. The third-order valence-electron chi connectivity index (χ3n) is 8.88. The predicted octanol–water partition coefficient (Wildman–Crippen LogP) is 5.47. The molecule has 0 radical (unpaired) electrons. The Labute approximate surface area is 264 Å². The van der Waals surface area contributed by atoms with E-state index >= 15 is 4.39 Å². The SMILES string of the molecule is CC(Cc1cccc(-c2ccn3c(-c4ccc(CC(=O)Nc5ncc(C6(O)CCC6)s5)c(F)c4)cnc3c2)n1)N1CCOCC1. The minimum Gasteiger partial charge on any atom is -0.384 e. The molecule has 7 rings (SSSR count). The molecule has 1 aromatic carbocycles. The van der Waals surface area contributed by atoms with E-state index in [1.807, 2.05) is 34.9 Å². The van der Waals surface area contributed by atoms with Gasteiger partial charge < -0.3 is 15.2 Å². The van der Waals surface area contributed by atoms with Crippen LogP contribution in [0.1, 0.15) is 42.3 Å². The van der Waals surface area contributed by atoms with Crippen LogP contribution in [0, 0.1) is 5.82 Å². The molecule has 11 heteroatoms. The number of hydrogen-bond acceptors (Lipinski definition) is 8. The minimum atomic E-state index is -0.827. The molecule has 4 aromatic heterocycles. The number of imidazole rings is 1. The minimum absolute atomic E-state index is 0.126. The van der Waals surface area contributed by atoms with Crippen LogP contribution in [-0.2, 0) is 28.0 Å². The number of nitrogens with one attached hydrogen (secondary N) is 1. The number of carbonyl (C=O) groups excluding carboxylic acids is 1. The summed E-state index contributed by atoms with van der Waals surface area (Å²) < 4.78 is 22.6. The highest BCUT2D eigenvalue weighted by atomic mass is 32.1. The van der Waals surface area contributed by atoms with Gasteiger partial charge in [-0.3, -0.25) is 19.1 Å². The number of aromatic nitrogens is 4. The number of nitrogens with zero attached hydrogens (tertiary/aromatic N) is 5. The zero-order valence-corrected chi connectivity index (χ0v) is 25.9. The number of pyridine rings is 2. The number of anilines is 1. The second-order valence-electron chi connectivity index (χ2n) is 11.9. The van der Waals surface area contributed by atoms with Gasteiger partial charge in [-0.25, -0.2) is 14.4 Å². The summed E-state index contributed by atoms with van der Waals surface area (Å²) in [6, 6.07) is 15.4. The molecule has 0 spiro atoms. The van der Waals surface area contributed by atoms with Crippen molar-refractivity contribution in [2.45, 2.75) is 50.7 Å². The first-order valence-electron chi connectivity index (χ1n) is 15.4. The summed E-state index contributed by atoms with van der Waals surface area (Å²) in [7, 11) is 0. The molecule has 2 N–H and O–H groups in total. The molecule has 1 saturated heterocycles. The number of morpholine rings is 1. The molecule has 1 unspecified atom stereocenters. The Kier molecular flexibility index (Phi) is 8.17. The predicted molar refractivity (Wildman–Crippen MR) is 172 cm³/mol. The van der Waals surface area contributed by atoms with E-state index in [0.29, 0.717) is 29.6 Å². The summed E-state index contributed by atoms with van der Waals surface area (Å²) in [5.41, 5.74) is 4.49. The first-order valence-corrected chi connectivity index (χ1v) is 16.2. The smallest absolute Gasteiger partial charge is 0.230 e. The number of halogens is 1. The van der Waals surface area contributed by atoms with Gasteiger partial charge in [-0.2, -0.15) is 0 Å². The second-order valence-corrected chi connectivity index (χ2v) is 13.0. The summed E-state index contributed by atoms with van der Waals surface area (Å²) >= 11 is 1.26. The summed E-state index contributed by atoms with van der Waals surface area (Å²) in [5, 5.41) is 13.6. The Bertz CT molecular complexity index is 1840. The molecule has 2 fully saturated rings. The number of fused-ring (bicyclic) bond motifs is 1. The number of ether oxygens (including phenoxy) is 1. The fourth-order valence-electron chi connectivity index (χ4n) is 6.05. The number of aliphatic hydroxyl groups is 1. The topological polar surface area (TPSA) is 105 Å². The van der Waals surface area contributed by atoms with Crippen LogP contribution in [0.15, 0.2) is 67.1 Å². The molecule has 9 nitrogen and oxygen atoms in total. The molecule has 1 saturated carbocycles. The number of rotatable bonds is 9. The molecule has 1 aliphatic heterocycles. The lowest BCUT2D eigenvalue weighted by Gasteiger charge is -2.35. The average Bonchev–Trinajstić information content (AvgIpc) is 3.68. The van der Waals surface area contributed by atoms with Crippen molar-refractivity contribution in [2.24, 2.45) is 0 Å². The van der Waals surface area contributed by atoms with Gasteiger partial charge in [-0.15, -0.1) is 0 Å². The number of benzene rings is 1. The van der Waals surface area contributed by atoms with Crippen LogP contribution >= 0.6 is 11.3 Å². The molecule has 0 bridgehead atoms. The molecule has 1 amide bonds. The van der Waals surface area contributed by atoms with Crippen molar-refractivity contribution in [1.82, 2.24) is 24.3 Å². The van der Waals surface area contributed by atoms with Gasteiger partial charge >= 0.3 is 0 Å². The molecule has 5 heterocycles. The molecular formula is C34H35FN6O3S. The summed E-state index contributed by atoms with van der Waals surface area (Å²) in [5.74, 6) is -0.830. The third-order valence-corrected chi connectivity index (χ3v) is 9.99. The van der Waals surface area contributed by atoms with Crippen molar-refractivity contribution >= 4 is 28.0 Å². The van der Waals surface area contributed by atoms with Crippen molar-refractivity contribution in [3.8, 4) is 22.5 Å². The zero-order valence-electron chi connectivity index (χ0n) is 25.1. The number of thiazole rings is 1. The van der Waals surface area contributed by atoms with Crippen molar-refractivity contribution in [3.63, 3.8) is 0 Å². The Morgan fingerprint density at radius 2 is 1.96 bits per heavy atom. The maximum absolute atomic E-state index is 15.2. The van der Waals surface area contributed by atoms with Crippen LogP contribution in [-0.4, -0.2) is 67.6 Å². The van der Waals surface area contributed by atoms with Gasteiger partial charge in [0.05, 0.1) is 42.1 Å². The van der Waals surface area contributed by atoms with Crippen molar-refractivity contribution in [1.29, 1.82) is 0 Å². The van der Waals surface area contributed by atoms with Gasteiger partial charge in [0.1, 0.15) is 17.1 Å². The zero-order chi connectivity index (χ0) is 31.0. The fourth-order valence-corrected chi connectivity index (χ4v) is 7.03. The van der Waals surface area contributed by atoms with Gasteiger partial charge in [-0.05, 0) is 62.1 Å². The highest BCUT2D eigenvalue weighted by Crippen LogP contribution is 2.44. The summed E-state index contributed by atoms with van der Waals surface area (Å²) in [6.45, 7) is 5.69. The van der Waals surface area contributed by atoms with Crippen LogP contribution in [0.5, 0.6) is 0 Å². The molecule has 1 atom stereocenters. The maximum atomic E-state index is 15.2. The lowest BCUT2D eigenvalue weighted by molar-refractivity contribution is -0.115. The summed E-state index contributed by atoms with van der Waals surface area (Å²) in [6.07, 6.45) is 8.38. The van der Waals surface area contributed by atoms with E-state index in [9.17, 15) is 9.90 Å². The van der Waals surface area contributed by atoms with Gasteiger partial charge in [0.15, 0.2) is 5.13 Å². The molecular weight excluding hydrogens is 591 g/mol. The normalized spacial score (nSPS) is 17.2. The molecule has 232 valence electrons. The number of amides is 1. The van der Waals surface area contributed by atoms with Gasteiger partial charge in [-0.1, -0.05) is 29.5 Å². The van der Waals surface area contributed by atoms with Crippen molar-refractivity contribution < 1.29 is 19.0 Å². The quantitative estimate of drug-likeness (QED) is 0.224. The van der Waals surface area contributed by atoms with Crippen molar-refractivity contribution in [3.05, 3.63) is 89.1 Å². The first-order chi connectivity index (χ1) is 21.8. The molecule has 45 heavy (non-hydrogen) atoms. The van der Waals surface area contributed by atoms with E-state index in [1.165, 1.54) is 17.4 Å². The molecule has 5 aromatic rings. The molecule has 1 aliphatic carbocycles. The average molecular weight is 627 g/mol. The van der Waals surface area contributed by atoms with Crippen LogP contribution in [0.3, 0.4) is 0 Å². The Morgan fingerprint density at radius 1 is 1.11 bits per heavy atom. The van der Waals surface area contributed by atoms with Crippen molar-refractivity contribution in [2.75, 3.05) is 31.6 Å². The molecule has 2 aliphatic rings. The second kappa shape index (κ2) is 12.4. The van der Waals surface area contributed by atoms with Gasteiger partial charge in [0.25, 0.3) is 0 Å².